The smallest absolute Gasteiger partial charge is 0.322 e. The van der Waals surface area contributed by atoms with E-state index in [-0.39, 0.29) is 19.0 Å². The van der Waals surface area contributed by atoms with E-state index in [1.807, 2.05) is 10.8 Å². The number of aryl methyl sites for hydroxylation is 1. The molecule has 1 unspecified atom stereocenters. The standard InChI is InChI=1S/C11H16N4O3/c16-10-7-15(9(6-13-10)11(17)18)4-1-3-14-5-2-12-8-14/h2,5,8-9H,1,3-4,6-7H2,(H,13,16)(H,17,18). The summed E-state index contributed by atoms with van der Waals surface area (Å²) in [4.78, 5) is 28.0. The Morgan fingerprint density at radius 1 is 1.56 bits per heavy atom. The Balaban J connectivity index is 1.84. The number of aromatic nitrogens is 2. The van der Waals surface area contributed by atoms with Gasteiger partial charge in [-0.3, -0.25) is 14.5 Å². The number of carboxylic acid groups (broad SMARTS) is 1. The monoisotopic (exact) mass is 252 g/mol. The number of rotatable bonds is 5. The van der Waals surface area contributed by atoms with Crippen molar-refractivity contribution in [3.05, 3.63) is 18.7 Å². The summed E-state index contributed by atoms with van der Waals surface area (Å²) in [7, 11) is 0. The number of carboxylic acids is 1. The highest BCUT2D eigenvalue weighted by Gasteiger charge is 2.31. The van der Waals surface area contributed by atoms with Gasteiger partial charge in [0.25, 0.3) is 0 Å². The molecule has 1 fully saturated rings. The van der Waals surface area contributed by atoms with Gasteiger partial charge < -0.3 is 15.0 Å². The Morgan fingerprint density at radius 3 is 3.06 bits per heavy atom. The van der Waals surface area contributed by atoms with E-state index in [4.69, 9.17) is 5.11 Å². The number of nitrogens with one attached hydrogen (secondary N) is 1. The number of hydrogen-bond donors (Lipinski definition) is 2. The molecule has 0 saturated carbocycles. The molecule has 1 amide bonds. The Kier molecular flexibility index (Phi) is 3.93. The van der Waals surface area contributed by atoms with Gasteiger partial charge in [-0.2, -0.15) is 0 Å². The van der Waals surface area contributed by atoms with E-state index in [1.54, 1.807) is 17.4 Å². The van der Waals surface area contributed by atoms with Gasteiger partial charge in [0.2, 0.25) is 5.91 Å². The van der Waals surface area contributed by atoms with Gasteiger partial charge in [-0.15, -0.1) is 0 Å². The molecule has 1 saturated heterocycles. The van der Waals surface area contributed by atoms with Gasteiger partial charge in [-0.05, 0) is 6.42 Å². The minimum Gasteiger partial charge on any atom is -0.480 e. The molecule has 2 heterocycles. The van der Waals surface area contributed by atoms with Crippen molar-refractivity contribution in [1.29, 1.82) is 0 Å². The number of imidazole rings is 1. The van der Waals surface area contributed by atoms with E-state index in [2.05, 4.69) is 10.3 Å². The Morgan fingerprint density at radius 2 is 2.39 bits per heavy atom. The molecular formula is C11H16N4O3. The summed E-state index contributed by atoms with van der Waals surface area (Å²) in [6, 6.07) is -0.620. The van der Waals surface area contributed by atoms with E-state index < -0.39 is 12.0 Å². The lowest BCUT2D eigenvalue weighted by Gasteiger charge is -2.32. The van der Waals surface area contributed by atoms with Crippen LogP contribution < -0.4 is 5.32 Å². The summed E-state index contributed by atoms with van der Waals surface area (Å²) in [6.07, 6.45) is 6.07. The molecule has 7 heteroatoms. The van der Waals surface area contributed by atoms with E-state index in [9.17, 15) is 9.59 Å². The molecule has 0 aromatic carbocycles. The summed E-state index contributed by atoms with van der Waals surface area (Å²) < 4.78 is 1.93. The number of carbonyl (C=O) groups excluding carboxylic acids is 1. The Hall–Kier alpha value is -1.89. The van der Waals surface area contributed by atoms with Crippen LogP contribution in [0.4, 0.5) is 0 Å². The molecule has 98 valence electrons. The summed E-state index contributed by atoms with van der Waals surface area (Å²) in [5, 5.41) is 11.6. The van der Waals surface area contributed by atoms with Gasteiger partial charge in [-0.1, -0.05) is 0 Å². The Labute approximate surface area is 104 Å². The van der Waals surface area contributed by atoms with Gasteiger partial charge in [-0.25, -0.2) is 4.98 Å². The van der Waals surface area contributed by atoms with Crippen molar-refractivity contribution in [2.45, 2.75) is 19.0 Å². The summed E-state index contributed by atoms with van der Waals surface area (Å²) in [5.74, 6) is -1.01. The molecular weight excluding hydrogens is 236 g/mol. The minimum absolute atomic E-state index is 0.116. The van der Waals surface area contributed by atoms with Crippen LogP contribution in [-0.2, 0) is 16.1 Å². The zero-order chi connectivity index (χ0) is 13.0. The highest BCUT2D eigenvalue weighted by Crippen LogP contribution is 2.06. The van der Waals surface area contributed by atoms with Crippen molar-refractivity contribution in [2.24, 2.45) is 0 Å². The highest BCUT2D eigenvalue weighted by atomic mass is 16.4. The van der Waals surface area contributed by atoms with Crippen molar-refractivity contribution in [1.82, 2.24) is 19.8 Å². The first-order valence-electron chi connectivity index (χ1n) is 5.86. The molecule has 1 aromatic rings. The second-order valence-electron chi connectivity index (χ2n) is 4.28. The summed E-state index contributed by atoms with van der Waals surface area (Å²) in [5.41, 5.74) is 0. The lowest BCUT2D eigenvalue weighted by molar-refractivity contribution is -0.146. The third kappa shape index (κ3) is 3.07. The lowest BCUT2D eigenvalue weighted by atomic mass is 10.2. The van der Waals surface area contributed by atoms with Gasteiger partial charge >= 0.3 is 5.97 Å². The average Bonchev–Trinajstić information content (AvgIpc) is 2.82. The number of hydrogen-bond acceptors (Lipinski definition) is 4. The maximum Gasteiger partial charge on any atom is 0.322 e. The van der Waals surface area contributed by atoms with Crippen molar-refractivity contribution in [3.63, 3.8) is 0 Å². The topological polar surface area (TPSA) is 87.5 Å². The maximum absolute atomic E-state index is 11.3. The van der Waals surface area contributed by atoms with Gasteiger partial charge in [0.05, 0.1) is 12.9 Å². The lowest BCUT2D eigenvalue weighted by Crippen LogP contribution is -2.57. The van der Waals surface area contributed by atoms with Crippen LogP contribution in [0.3, 0.4) is 0 Å². The maximum atomic E-state index is 11.3. The number of carbonyl (C=O) groups is 2. The van der Waals surface area contributed by atoms with Crippen LogP contribution in [0.1, 0.15) is 6.42 Å². The predicted molar refractivity (Wildman–Crippen MR) is 62.9 cm³/mol. The molecule has 0 radical (unpaired) electrons. The molecule has 1 aromatic heterocycles. The minimum atomic E-state index is -0.891. The molecule has 1 aliphatic rings. The highest BCUT2D eigenvalue weighted by molar-refractivity contribution is 5.83. The number of nitrogens with zero attached hydrogens (tertiary/aromatic N) is 3. The summed E-state index contributed by atoms with van der Waals surface area (Å²) in [6.45, 7) is 1.69. The van der Waals surface area contributed by atoms with Crippen molar-refractivity contribution < 1.29 is 14.7 Å². The predicted octanol–water partition coefficient (Wildman–Crippen LogP) is -0.842. The van der Waals surface area contributed by atoms with Crippen LogP contribution in [-0.4, -0.2) is 57.1 Å². The first-order valence-corrected chi connectivity index (χ1v) is 5.86. The molecule has 18 heavy (non-hydrogen) atoms. The van der Waals surface area contributed by atoms with Crippen molar-refractivity contribution >= 4 is 11.9 Å². The molecule has 1 aliphatic heterocycles. The second-order valence-corrected chi connectivity index (χ2v) is 4.28. The first-order chi connectivity index (χ1) is 8.66. The van der Waals surface area contributed by atoms with E-state index in [0.29, 0.717) is 6.54 Å². The third-order valence-electron chi connectivity index (χ3n) is 2.99. The molecule has 2 rings (SSSR count). The molecule has 2 N–H and O–H groups in total. The normalized spacial score (nSPS) is 20.7. The van der Waals surface area contributed by atoms with Crippen LogP contribution in [0.2, 0.25) is 0 Å². The summed E-state index contributed by atoms with van der Waals surface area (Å²) >= 11 is 0. The third-order valence-corrected chi connectivity index (χ3v) is 2.99. The van der Waals surface area contributed by atoms with Crippen LogP contribution in [0.5, 0.6) is 0 Å². The zero-order valence-corrected chi connectivity index (χ0v) is 9.95. The fraction of sp³-hybridized carbons (Fsp3) is 0.545. The van der Waals surface area contributed by atoms with Crippen LogP contribution in [0, 0.1) is 0 Å². The second kappa shape index (κ2) is 5.63. The molecule has 1 atom stereocenters. The van der Waals surface area contributed by atoms with Crippen LogP contribution in [0.25, 0.3) is 0 Å². The molecule has 0 bridgehead atoms. The quantitative estimate of drug-likeness (QED) is 0.713. The van der Waals surface area contributed by atoms with Crippen LogP contribution in [0.15, 0.2) is 18.7 Å². The number of amides is 1. The fourth-order valence-corrected chi connectivity index (χ4v) is 2.04. The fourth-order valence-electron chi connectivity index (χ4n) is 2.04. The largest absolute Gasteiger partial charge is 0.480 e. The molecule has 7 nitrogen and oxygen atoms in total. The average molecular weight is 252 g/mol. The molecule has 0 spiro atoms. The van der Waals surface area contributed by atoms with Crippen molar-refractivity contribution in [3.8, 4) is 0 Å². The van der Waals surface area contributed by atoms with E-state index in [1.165, 1.54) is 0 Å². The number of aliphatic carboxylic acids is 1. The van der Waals surface area contributed by atoms with Gasteiger partial charge in [0.15, 0.2) is 0 Å². The zero-order valence-electron chi connectivity index (χ0n) is 9.95. The SMILES string of the molecule is O=C1CN(CCCn2ccnc2)C(C(=O)O)CN1. The van der Waals surface area contributed by atoms with E-state index >= 15 is 0 Å². The van der Waals surface area contributed by atoms with Gasteiger partial charge in [0.1, 0.15) is 6.04 Å². The first kappa shape index (κ1) is 12.6. The molecule has 0 aliphatic carbocycles. The van der Waals surface area contributed by atoms with Crippen molar-refractivity contribution in [2.75, 3.05) is 19.6 Å². The number of piperazine rings is 1. The van der Waals surface area contributed by atoms with Crippen LogP contribution >= 0.6 is 0 Å². The Bertz CT molecular complexity index is 418. The van der Waals surface area contributed by atoms with E-state index in [0.717, 1.165) is 13.0 Å². The van der Waals surface area contributed by atoms with Gasteiger partial charge in [0, 0.05) is 32.0 Å².